The minimum absolute atomic E-state index is 0.496. The van der Waals surface area contributed by atoms with Crippen molar-refractivity contribution in [1.29, 1.82) is 0 Å². The van der Waals surface area contributed by atoms with Crippen molar-refractivity contribution in [3.63, 3.8) is 0 Å². The molecule has 1 heteroatoms. The van der Waals surface area contributed by atoms with Crippen molar-refractivity contribution in [2.75, 3.05) is 0 Å². The number of nitrogens with one attached hydrogen (secondary N) is 1. The highest BCUT2D eigenvalue weighted by molar-refractivity contribution is 4.98. The fourth-order valence-corrected chi connectivity index (χ4v) is 3.11. The van der Waals surface area contributed by atoms with Gasteiger partial charge in [0.25, 0.3) is 0 Å². The van der Waals surface area contributed by atoms with Crippen molar-refractivity contribution in [2.24, 2.45) is 5.92 Å². The summed E-state index contributed by atoms with van der Waals surface area (Å²) in [6.45, 7) is 4.76. The lowest BCUT2D eigenvalue weighted by Gasteiger charge is -2.32. The summed E-state index contributed by atoms with van der Waals surface area (Å²) in [5, 5.41) is 3.77. The average Bonchev–Trinajstić information content (AvgIpc) is 2.59. The normalized spacial score (nSPS) is 44.0. The van der Waals surface area contributed by atoms with Crippen LogP contribution in [0.3, 0.4) is 0 Å². The molecule has 2 unspecified atom stereocenters. The van der Waals surface area contributed by atoms with Gasteiger partial charge in [-0.25, -0.2) is 0 Å². The molecule has 1 N–H and O–H groups in total. The maximum absolute atomic E-state index is 3.77. The second-order valence-corrected chi connectivity index (χ2v) is 4.98. The Morgan fingerprint density at radius 2 is 1.83 bits per heavy atom. The largest absolute Gasteiger partial charge is 0.309 e. The van der Waals surface area contributed by atoms with Gasteiger partial charge in [-0.05, 0) is 45.4 Å². The van der Waals surface area contributed by atoms with Crippen molar-refractivity contribution in [3.8, 4) is 0 Å². The van der Waals surface area contributed by atoms with Crippen molar-refractivity contribution in [3.05, 3.63) is 0 Å². The van der Waals surface area contributed by atoms with Gasteiger partial charge in [0.2, 0.25) is 0 Å². The summed E-state index contributed by atoms with van der Waals surface area (Å²) in [4.78, 5) is 0. The SMILES string of the molecule is CC1CCC(C)(C2CCCC2)N1. The van der Waals surface area contributed by atoms with E-state index in [4.69, 9.17) is 0 Å². The van der Waals surface area contributed by atoms with Crippen LogP contribution in [0.2, 0.25) is 0 Å². The van der Waals surface area contributed by atoms with Gasteiger partial charge in [-0.2, -0.15) is 0 Å². The lowest BCUT2D eigenvalue weighted by Crippen LogP contribution is -2.45. The van der Waals surface area contributed by atoms with E-state index in [1.807, 2.05) is 0 Å². The first kappa shape index (κ1) is 8.55. The van der Waals surface area contributed by atoms with E-state index >= 15 is 0 Å². The molecule has 0 aromatic carbocycles. The lowest BCUT2D eigenvalue weighted by atomic mass is 9.83. The minimum Gasteiger partial charge on any atom is -0.309 e. The lowest BCUT2D eigenvalue weighted by molar-refractivity contribution is 0.258. The molecule has 0 bridgehead atoms. The van der Waals surface area contributed by atoms with Crippen molar-refractivity contribution in [2.45, 2.75) is 64.0 Å². The summed E-state index contributed by atoms with van der Waals surface area (Å²) in [6.07, 6.45) is 8.66. The molecule has 2 aliphatic rings. The second-order valence-electron chi connectivity index (χ2n) is 4.98. The van der Waals surface area contributed by atoms with Crippen LogP contribution in [-0.4, -0.2) is 11.6 Å². The van der Waals surface area contributed by atoms with Crippen molar-refractivity contribution >= 4 is 0 Å². The van der Waals surface area contributed by atoms with Crippen LogP contribution >= 0.6 is 0 Å². The van der Waals surface area contributed by atoms with Crippen LogP contribution in [0.4, 0.5) is 0 Å². The molecule has 1 aliphatic heterocycles. The van der Waals surface area contributed by atoms with E-state index in [2.05, 4.69) is 19.2 Å². The van der Waals surface area contributed by atoms with Crippen LogP contribution in [0.25, 0.3) is 0 Å². The van der Waals surface area contributed by atoms with Gasteiger partial charge < -0.3 is 5.32 Å². The standard InChI is InChI=1S/C11H21N/c1-9-7-8-11(2,12-9)10-5-3-4-6-10/h9-10,12H,3-8H2,1-2H3. The Hall–Kier alpha value is -0.0400. The predicted octanol–water partition coefficient (Wildman–Crippen LogP) is 2.71. The molecule has 2 fully saturated rings. The van der Waals surface area contributed by atoms with Gasteiger partial charge in [0.15, 0.2) is 0 Å². The molecule has 1 heterocycles. The fourth-order valence-electron chi connectivity index (χ4n) is 3.11. The molecule has 1 nitrogen and oxygen atoms in total. The molecule has 0 aromatic rings. The summed E-state index contributed by atoms with van der Waals surface area (Å²) in [7, 11) is 0. The Kier molecular flexibility index (Phi) is 2.16. The zero-order chi connectivity index (χ0) is 8.60. The van der Waals surface area contributed by atoms with Crippen molar-refractivity contribution in [1.82, 2.24) is 5.32 Å². The Morgan fingerprint density at radius 3 is 2.33 bits per heavy atom. The number of rotatable bonds is 1. The maximum atomic E-state index is 3.77. The molecule has 0 amide bonds. The Morgan fingerprint density at radius 1 is 1.17 bits per heavy atom. The van der Waals surface area contributed by atoms with Crippen molar-refractivity contribution < 1.29 is 0 Å². The fraction of sp³-hybridized carbons (Fsp3) is 1.00. The highest BCUT2D eigenvalue weighted by atomic mass is 15.0. The first-order chi connectivity index (χ1) is 5.71. The Labute approximate surface area is 75.9 Å². The van der Waals surface area contributed by atoms with E-state index in [1.54, 1.807) is 0 Å². The summed E-state index contributed by atoms with van der Waals surface area (Å²) >= 11 is 0. The zero-order valence-corrected chi connectivity index (χ0v) is 8.40. The third kappa shape index (κ3) is 1.39. The highest BCUT2D eigenvalue weighted by Gasteiger charge is 2.40. The van der Waals surface area contributed by atoms with Gasteiger partial charge >= 0.3 is 0 Å². The van der Waals surface area contributed by atoms with E-state index in [1.165, 1.54) is 38.5 Å². The topological polar surface area (TPSA) is 12.0 Å². The molecule has 0 aromatic heterocycles. The number of hydrogen-bond donors (Lipinski definition) is 1. The molecule has 0 spiro atoms. The van der Waals surface area contributed by atoms with Gasteiger partial charge in [0, 0.05) is 11.6 Å². The van der Waals surface area contributed by atoms with E-state index < -0.39 is 0 Å². The van der Waals surface area contributed by atoms with E-state index in [-0.39, 0.29) is 0 Å². The highest BCUT2D eigenvalue weighted by Crippen LogP contribution is 2.39. The van der Waals surface area contributed by atoms with Crippen LogP contribution in [0.15, 0.2) is 0 Å². The summed E-state index contributed by atoms with van der Waals surface area (Å²) in [6, 6.07) is 0.760. The molecule has 1 saturated carbocycles. The molecular formula is C11H21N. The van der Waals surface area contributed by atoms with Crippen LogP contribution < -0.4 is 5.32 Å². The summed E-state index contributed by atoms with van der Waals surface area (Å²) in [5.41, 5.74) is 0.496. The van der Waals surface area contributed by atoms with Gasteiger partial charge in [0.1, 0.15) is 0 Å². The smallest absolute Gasteiger partial charge is 0.0184 e. The third-order valence-electron chi connectivity index (χ3n) is 3.93. The average molecular weight is 167 g/mol. The van der Waals surface area contributed by atoms with Crippen LogP contribution in [0.1, 0.15) is 52.4 Å². The zero-order valence-electron chi connectivity index (χ0n) is 8.40. The van der Waals surface area contributed by atoms with Gasteiger partial charge in [-0.15, -0.1) is 0 Å². The van der Waals surface area contributed by atoms with Crippen LogP contribution in [-0.2, 0) is 0 Å². The molecule has 1 saturated heterocycles. The summed E-state index contributed by atoms with van der Waals surface area (Å²) < 4.78 is 0. The quantitative estimate of drug-likeness (QED) is 0.633. The molecule has 70 valence electrons. The van der Waals surface area contributed by atoms with Crippen LogP contribution in [0.5, 0.6) is 0 Å². The summed E-state index contributed by atoms with van der Waals surface area (Å²) in [5.74, 6) is 0.974. The van der Waals surface area contributed by atoms with Gasteiger partial charge in [-0.1, -0.05) is 12.8 Å². The van der Waals surface area contributed by atoms with E-state index in [0.717, 1.165) is 12.0 Å². The number of hydrogen-bond acceptors (Lipinski definition) is 1. The molecule has 1 aliphatic carbocycles. The second kappa shape index (κ2) is 3.02. The maximum Gasteiger partial charge on any atom is 0.0184 e. The minimum atomic E-state index is 0.496. The van der Waals surface area contributed by atoms with E-state index in [0.29, 0.717) is 5.54 Å². The molecular weight excluding hydrogens is 146 g/mol. The molecule has 0 radical (unpaired) electrons. The Balaban J connectivity index is 2.00. The Bertz CT molecular complexity index is 160. The third-order valence-corrected chi connectivity index (χ3v) is 3.93. The van der Waals surface area contributed by atoms with Crippen LogP contribution in [0, 0.1) is 5.92 Å². The first-order valence-electron chi connectivity index (χ1n) is 5.48. The van der Waals surface area contributed by atoms with Gasteiger partial charge in [-0.3, -0.25) is 0 Å². The molecule has 2 rings (SSSR count). The monoisotopic (exact) mass is 167 g/mol. The first-order valence-corrected chi connectivity index (χ1v) is 5.48. The predicted molar refractivity (Wildman–Crippen MR) is 52.2 cm³/mol. The van der Waals surface area contributed by atoms with E-state index in [9.17, 15) is 0 Å². The molecule has 2 atom stereocenters. The van der Waals surface area contributed by atoms with Gasteiger partial charge in [0.05, 0.1) is 0 Å². The molecule has 12 heavy (non-hydrogen) atoms.